The fourth-order valence-corrected chi connectivity index (χ4v) is 4.21. The van der Waals surface area contributed by atoms with Crippen LogP contribution < -0.4 is 0 Å². The van der Waals surface area contributed by atoms with Crippen LogP contribution >= 0.6 is 0 Å². The normalized spacial score (nSPS) is 23.3. The summed E-state index contributed by atoms with van der Waals surface area (Å²) in [4.78, 5) is 2.52. The average molecular weight is 279 g/mol. The van der Waals surface area contributed by atoms with Gasteiger partial charge >= 0.3 is 0 Å². The summed E-state index contributed by atoms with van der Waals surface area (Å²) in [6.45, 7) is 0. The van der Waals surface area contributed by atoms with E-state index in [1.165, 1.54) is 29.5 Å². The van der Waals surface area contributed by atoms with E-state index in [1.807, 2.05) is 12.1 Å². The van der Waals surface area contributed by atoms with Gasteiger partial charge in [-0.3, -0.25) is 4.90 Å². The number of aryl methyl sites for hydroxylation is 1. The Balaban J connectivity index is 1.66. The van der Waals surface area contributed by atoms with Crippen molar-refractivity contribution in [3.05, 3.63) is 64.7 Å². The minimum Gasteiger partial charge on any atom is -0.508 e. The Labute approximate surface area is 126 Å². The number of phenolic OH excluding ortho intramolecular Hbond substituents is 1. The number of aromatic hydroxyl groups is 1. The zero-order valence-corrected chi connectivity index (χ0v) is 12.4. The quantitative estimate of drug-likeness (QED) is 0.898. The molecule has 0 fully saturated rings. The molecule has 0 aliphatic heterocycles. The molecule has 0 heterocycles. The second-order valence-electron chi connectivity index (χ2n) is 6.32. The Hall–Kier alpha value is -1.80. The number of nitrogens with zero attached hydrogens (tertiary/aromatic N) is 1. The Kier molecular flexibility index (Phi) is 3.00. The van der Waals surface area contributed by atoms with E-state index >= 15 is 0 Å². The first-order valence-electron chi connectivity index (χ1n) is 7.86. The third-order valence-corrected chi connectivity index (χ3v) is 5.30. The summed E-state index contributed by atoms with van der Waals surface area (Å²) < 4.78 is 0. The van der Waals surface area contributed by atoms with Crippen molar-refractivity contribution in [1.29, 1.82) is 0 Å². The molecular formula is C19H21NO. The molecule has 2 heteroatoms. The van der Waals surface area contributed by atoms with Gasteiger partial charge in [0.2, 0.25) is 0 Å². The topological polar surface area (TPSA) is 23.5 Å². The number of fused-ring (bicyclic) bond motifs is 2. The number of hydrogen-bond acceptors (Lipinski definition) is 2. The van der Waals surface area contributed by atoms with Gasteiger partial charge in [-0.2, -0.15) is 0 Å². The molecule has 2 unspecified atom stereocenters. The van der Waals surface area contributed by atoms with Crippen LogP contribution in [-0.2, 0) is 12.8 Å². The molecule has 0 bridgehead atoms. The van der Waals surface area contributed by atoms with E-state index in [2.05, 4.69) is 42.3 Å². The molecule has 21 heavy (non-hydrogen) atoms. The Morgan fingerprint density at radius 1 is 0.905 bits per heavy atom. The molecule has 0 spiro atoms. The number of rotatable bonds is 2. The fraction of sp³-hybridized carbons (Fsp3) is 0.368. The average Bonchev–Trinajstić information content (AvgIpc) is 3.11. The van der Waals surface area contributed by atoms with Crippen molar-refractivity contribution in [1.82, 2.24) is 4.90 Å². The first kappa shape index (κ1) is 12.9. The molecule has 0 aromatic heterocycles. The molecule has 2 aliphatic rings. The van der Waals surface area contributed by atoms with Crippen molar-refractivity contribution in [3.63, 3.8) is 0 Å². The van der Waals surface area contributed by atoms with Crippen LogP contribution in [0.25, 0.3) is 0 Å². The molecule has 2 nitrogen and oxygen atoms in total. The van der Waals surface area contributed by atoms with Gasteiger partial charge in [-0.05, 0) is 61.1 Å². The monoisotopic (exact) mass is 279 g/mol. The van der Waals surface area contributed by atoms with E-state index in [0.29, 0.717) is 17.8 Å². The van der Waals surface area contributed by atoms with Crippen molar-refractivity contribution in [3.8, 4) is 5.75 Å². The van der Waals surface area contributed by atoms with Gasteiger partial charge in [0, 0.05) is 12.1 Å². The van der Waals surface area contributed by atoms with Crippen molar-refractivity contribution in [2.24, 2.45) is 0 Å². The summed E-state index contributed by atoms with van der Waals surface area (Å²) in [5.41, 5.74) is 5.47. The van der Waals surface area contributed by atoms with Crippen LogP contribution in [0.2, 0.25) is 0 Å². The van der Waals surface area contributed by atoms with Gasteiger partial charge in [-0.25, -0.2) is 0 Å². The molecule has 1 N–H and O–H groups in total. The molecule has 4 rings (SSSR count). The summed E-state index contributed by atoms with van der Waals surface area (Å²) >= 11 is 0. The zero-order chi connectivity index (χ0) is 14.4. The first-order chi connectivity index (χ1) is 10.3. The van der Waals surface area contributed by atoms with Gasteiger partial charge in [-0.1, -0.05) is 36.4 Å². The summed E-state index contributed by atoms with van der Waals surface area (Å²) in [5.74, 6) is 0.468. The molecular weight excluding hydrogens is 258 g/mol. The number of hydrogen-bond donors (Lipinski definition) is 1. The van der Waals surface area contributed by atoms with Crippen LogP contribution in [0.15, 0.2) is 42.5 Å². The highest BCUT2D eigenvalue weighted by Gasteiger charge is 2.34. The standard InChI is InChI=1S/C19H21NO/c1-20(17-11-9-13-5-2-3-6-14(13)17)18-12-10-16-15(18)7-4-8-19(16)21/h2-8,17-18,21H,9-12H2,1H3. The number of benzene rings is 2. The third kappa shape index (κ3) is 1.97. The number of phenols is 1. The largest absolute Gasteiger partial charge is 0.508 e. The van der Waals surface area contributed by atoms with Crippen LogP contribution in [0.3, 0.4) is 0 Å². The van der Waals surface area contributed by atoms with Gasteiger partial charge in [0.05, 0.1) is 0 Å². The molecule has 0 radical (unpaired) electrons. The predicted octanol–water partition coefficient (Wildman–Crippen LogP) is 4.00. The van der Waals surface area contributed by atoms with Crippen LogP contribution in [-0.4, -0.2) is 17.1 Å². The molecule has 108 valence electrons. The summed E-state index contributed by atoms with van der Waals surface area (Å²) in [6.07, 6.45) is 4.50. The molecule has 0 saturated carbocycles. The highest BCUT2D eigenvalue weighted by molar-refractivity contribution is 5.44. The van der Waals surface area contributed by atoms with Gasteiger partial charge in [0.15, 0.2) is 0 Å². The third-order valence-electron chi connectivity index (χ3n) is 5.30. The van der Waals surface area contributed by atoms with Crippen LogP contribution in [0, 0.1) is 0 Å². The minimum absolute atomic E-state index is 0.434. The van der Waals surface area contributed by atoms with Crippen molar-refractivity contribution < 1.29 is 5.11 Å². The Morgan fingerprint density at radius 2 is 1.62 bits per heavy atom. The van der Waals surface area contributed by atoms with E-state index in [4.69, 9.17) is 0 Å². The predicted molar refractivity (Wildman–Crippen MR) is 84.4 cm³/mol. The van der Waals surface area contributed by atoms with Gasteiger partial charge in [0.1, 0.15) is 5.75 Å². The summed E-state index contributed by atoms with van der Waals surface area (Å²) in [5, 5.41) is 10.0. The van der Waals surface area contributed by atoms with Gasteiger partial charge in [-0.15, -0.1) is 0 Å². The van der Waals surface area contributed by atoms with Crippen LogP contribution in [0.4, 0.5) is 0 Å². The van der Waals surface area contributed by atoms with E-state index in [9.17, 15) is 5.11 Å². The highest BCUT2D eigenvalue weighted by atomic mass is 16.3. The summed E-state index contributed by atoms with van der Waals surface area (Å²) in [6, 6.07) is 15.8. The maximum atomic E-state index is 10.0. The molecule has 2 atom stereocenters. The van der Waals surface area contributed by atoms with Gasteiger partial charge in [0.25, 0.3) is 0 Å². The lowest BCUT2D eigenvalue weighted by molar-refractivity contribution is 0.173. The lowest BCUT2D eigenvalue weighted by Crippen LogP contribution is -2.26. The maximum Gasteiger partial charge on any atom is 0.119 e. The van der Waals surface area contributed by atoms with Crippen molar-refractivity contribution in [2.75, 3.05) is 7.05 Å². The molecule has 2 aromatic carbocycles. The maximum absolute atomic E-state index is 10.0. The van der Waals surface area contributed by atoms with Crippen molar-refractivity contribution >= 4 is 0 Å². The highest BCUT2D eigenvalue weighted by Crippen LogP contribution is 2.45. The molecule has 0 saturated heterocycles. The van der Waals surface area contributed by atoms with Crippen LogP contribution in [0.5, 0.6) is 5.75 Å². The lowest BCUT2D eigenvalue weighted by Gasteiger charge is -2.32. The Bertz CT molecular complexity index is 679. The van der Waals surface area contributed by atoms with E-state index in [1.54, 1.807) is 0 Å². The summed E-state index contributed by atoms with van der Waals surface area (Å²) in [7, 11) is 2.25. The zero-order valence-electron chi connectivity index (χ0n) is 12.4. The van der Waals surface area contributed by atoms with E-state index in [-0.39, 0.29) is 0 Å². The second-order valence-corrected chi connectivity index (χ2v) is 6.32. The first-order valence-corrected chi connectivity index (χ1v) is 7.86. The van der Waals surface area contributed by atoms with E-state index in [0.717, 1.165) is 18.4 Å². The fourth-order valence-electron chi connectivity index (χ4n) is 4.21. The molecule has 0 amide bonds. The van der Waals surface area contributed by atoms with Gasteiger partial charge < -0.3 is 5.11 Å². The second kappa shape index (κ2) is 4.88. The molecule has 2 aliphatic carbocycles. The van der Waals surface area contributed by atoms with Crippen molar-refractivity contribution in [2.45, 2.75) is 37.8 Å². The van der Waals surface area contributed by atoms with Crippen LogP contribution in [0.1, 0.15) is 47.2 Å². The molecule has 2 aromatic rings. The SMILES string of the molecule is CN(C1CCc2ccccc21)C1CCc2c(O)cccc21. The Morgan fingerprint density at radius 3 is 2.52 bits per heavy atom. The van der Waals surface area contributed by atoms with E-state index < -0.39 is 0 Å². The lowest BCUT2D eigenvalue weighted by atomic mass is 10.0. The minimum atomic E-state index is 0.434. The smallest absolute Gasteiger partial charge is 0.119 e.